The van der Waals surface area contributed by atoms with Gasteiger partial charge in [0, 0.05) is 23.8 Å². The molecule has 3 rings (SSSR count). The van der Waals surface area contributed by atoms with Gasteiger partial charge in [-0.2, -0.15) is 0 Å². The van der Waals surface area contributed by atoms with Crippen LogP contribution in [-0.2, 0) is 18.1 Å². The van der Waals surface area contributed by atoms with Crippen molar-refractivity contribution in [3.05, 3.63) is 64.6 Å². The number of benzene rings is 1. The number of fused-ring (bicyclic) bond motifs is 1. The smallest absolute Gasteiger partial charge is 0.227 e. The van der Waals surface area contributed by atoms with Gasteiger partial charge in [0.2, 0.25) is 5.91 Å². The number of alkyl halides is 1. The van der Waals surface area contributed by atoms with Gasteiger partial charge in [0.25, 0.3) is 0 Å². The van der Waals surface area contributed by atoms with Crippen molar-refractivity contribution in [3.63, 3.8) is 0 Å². The van der Waals surface area contributed by atoms with E-state index < -0.39 is 48.6 Å². The van der Waals surface area contributed by atoms with E-state index in [-0.39, 0.29) is 34.8 Å². The summed E-state index contributed by atoms with van der Waals surface area (Å²) in [4.78, 5) is 29.6. The number of ether oxygens (including phenoxy) is 1. The maximum Gasteiger partial charge on any atom is 0.227 e. The second-order valence-corrected chi connectivity index (χ2v) is 8.46. The minimum absolute atomic E-state index is 0.0475. The third kappa shape index (κ3) is 5.56. The van der Waals surface area contributed by atoms with Crippen molar-refractivity contribution >= 4 is 17.3 Å². The molecule has 0 fully saturated rings. The Labute approximate surface area is 195 Å². The van der Waals surface area contributed by atoms with E-state index in [1.165, 1.54) is 22.7 Å². The molecule has 34 heavy (non-hydrogen) atoms. The first kappa shape index (κ1) is 25.2. The van der Waals surface area contributed by atoms with E-state index in [1.54, 1.807) is 13.8 Å². The normalized spacial score (nSPS) is 13.0. The Morgan fingerprint density at radius 2 is 1.94 bits per heavy atom. The molecule has 182 valence electrons. The summed E-state index contributed by atoms with van der Waals surface area (Å²) in [6.45, 7) is 4.12. The van der Waals surface area contributed by atoms with Gasteiger partial charge in [-0.25, -0.2) is 18.2 Å². The number of rotatable bonds is 10. The largest absolute Gasteiger partial charge is 0.485 e. The first-order chi connectivity index (χ1) is 16.1. The Bertz CT molecular complexity index is 1200. The number of Topliss-reactive ketones (excluding diaryl/α,β-unsaturated/α-hetero) is 1. The number of ketones is 1. The SMILES string of the molecule is CCC(C)(N)CNC(=O)CC(=O)c1c(C)nc2c(OCc3c(F)cccc3F)cc(CF)cn12. The Balaban J connectivity index is 1.88. The van der Waals surface area contributed by atoms with Gasteiger partial charge in [0.1, 0.15) is 30.6 Å². The molecule has 0 saturated heterocycles. The number of aromatic nitrogens is 2. The van der Waals surface area contributed by atoms with E-state index in [4.69, 9.17) is 10.5 Å². The fraction of sp³-hybridized carbons (Fsp3) is 0.375. The molecule has 3 aromatic rings. The van der Waals surface area contributed by atoms with Gasteiger partial charge in [-0.3, -0.25) is 14.0 Å². The summed E-state index contributed by atoms with van der Waals surface area (Å²) in [5, 5.41) is 2.65. The van der Waals surface area contributed by atoms with Crippen LogP contribution in [-0.4, -0.2) is 33.2 Å². The molecule has 7 nitrogen and oxygen atoms in total. The summed E-state index contributed by atoms with van der Waals surface area (Å²) >= 11 is 0. The van der Waals surface area contributed by atoms with E-state index in [9.17, 15) is 22.8 Å². The van der Waals surface area contributed by atoms with Crippen LogP contribution < -0.4 is 15.8 Å². The molecule has 2 heterocycles. The fourth-order valence-electron chi connectivity index (χ4n) is 3.33. The standard InChI is InChI=1S/C24H27F3N4O3/c1-4-24(3,28)13-29-21(33)9-19(32)22-14(2)30-23-20(8-15(10-25)11-31(22)23)34-12-16-17(26)6-5-7-18(16)27/h5-8,11H,4,9-10,12-13,28H2,1-3H3,(H,29,33). The van der Waals surface area contributed by atoms with Crippen LogP contribution in [0.2, 0.25) is 0 Å². The molecule has 0 aliphatic carbocycles. The molecule has 0 spiro atoms. The minimum atomic E-state index is -0.877. The number of aryl methyl sites for hydroxylation is 1. The van der Waals surface area contributed by atoms with Crippen molar-refractivity contribution in [3.8, 4) is 5.75 Å². The summed E-state index contributed by atoms with van der Waals surface area (Å²) < 4.78 is 48.4. The average Bonchev–Trinajstić information content (AvgIpc) is 3.13. The molecule has 1 amide bonds. The van der Waals surface area contributed by atoms with Crippen LogP contribution >= 0.6 is 0 Å². The number of nitrogens with one attached hydrogen (secondary N) is 1. The minimum Gasteiger partial charge on any atom is -0.485 e. The topological polar surface area (TPSA) is 98.7 Å². The second kappa shape index (κ2) is 10.3. The Kier molecular flexibility index (Phi) is 7.61. The molecule has 0 aliphatic rings. The quantitative estimate of drug-likeness (QED) is 0.343. The van der Waals surface area contributed by atoms with Gasteiger partial charge in [0.15, 0.2) is 17.2 Å². The molecule has 1 atom stereocenters. The van der Waals surface area contributed by atoms with Crippen LogP contribution in [0.1, 0.15) is 54.0 Å². The van der Waals surface area contributed by atoms with Gasteiger partial charge in [-0.05, 0) is 38.5 Å². The average molecular weight is 476 g/mol. The number of nitrogens with zero attached hydrogens (tertiary/aromatic N) is 2. The fourth-order valence-corrected chi connectivity index (χ4v) is 3.33. The van der Waals surface area contributed by atoms with Gasteiger partial charge >= 0.3 is 0 Å². The highest BCUT2D eigenvalue weighted by Gasteiger charge is 2.24. The number of nitrogens with two attached hydrogens (primary N) is 1. The van der Waals surface area contributed by atoms with E-state index in [2.05, 4.69) is 10.3 Å². The molecular formula is C24H27F3N4O3. The molecule has 0 saturated carbocycles. The van der Waals surface area contributed by atoms with Gasteiger partial charge in [-0.15, -0.1) is 0 Å². The van der Waals surface area contributed by atoms with Crippen LogP contribution in [0, 0.1) is 18.6 Å². The van der Waals surface area contributed by atoms with Crippen LogP contribution in [0.4, 0.5) is 13.2 Å². The zero-order valence-electron chi connectivity index (χ0n) is 19.3. The van der Waals surface area contributed by atoms with E-state index in [1.807, 2.05) is 6.92 Å². The highest BCUT2D eigenvalue weighted by molar-refractivity contribution is 6.07. The number of imidazole rings is 1. The zero-order chi connectivity index (χ0) is 25.0. The monoisotopic (exact) mass is 476 g/mol. The van der Waals surface area contributed by atoms with Crippen molar-refractivity contribution in [2.24, 2.45) is 5.73 Å². The Morgan fingerprint density at radius 3 is 2.56 bits per heavy atom. The molecule has 10 heteroatoms. The van der Waals surface area contributed by atoms with Crippen LogP contribution in [0.3, 0.4) is 0 Å². The van der Waals surface area contributed by atoms with Crippen molar-refractivity contribution in [1.29, 1.82) is 0 Å². The molecular weight excluding hydrogens is 449 g/mol. The van der Waals surface area contributed by atoms with Crippen molar-refractivity contribution < 1.29 is 27.5 Å². The first-order valence-electron chi connectivity index (χ1n) is 10.8. The first-order valence-corrected chi connectivity index (χ1v) is 10.8. The lowest BCUT2D eigenvalue weighted by atomic mass is 10.0. The van der Waals surface area contributed by atoms with Crippen LogP contribution in [0.5, 0.6) is 5.75 Å². The summed E-state index contributed by atoms with van der Waals surface area (Å²) in [5.41, 5.74) is 5.84. The lowest BCUT2D eigenvalue weighted by Crippen LogP contribution is -2.47. The summed E-state index contributed by atoms with van der Waals surface area (Å²) in [6.07, 6.45) is 1.56. The van der Waals surface area contributed by atoms with E-state index in [0.29, 0.717) is 12.1 Å². The third-order valence-electron chi connectivity index (χ3n) is 5.59. The molecule has 0 aliphatic heterocycles. The Hall–Kier alpha value is -3.40. The van der Waals surface area contributed by atoms with Gasteiger partial charge < -0.3 is 15.8 Å². The van der Waals surface area contributed by atoms with E-state index >= 15 is 0 Å². The van der Waals surface area contributed by atoms with Gasteiger partial charge in [-0.1, -0.05) is 13.0 Å². The number of pyridine rings is 1. The number of carbonyl (C=O) groups excluding carboxylic acids is 2. The van der Waals surface area contributed by atoms with Crippen molar-refractivity contribution in [2.75, 3.05) is 6.54 Å². The summed E-state index contributed by atoms with van der Waals surface area (Å²) in [5.74, 6) is -2.55. The maximum atomic E-state index is 14.0. The molecule has 2 aromatic heterocycles. The molecule has 1 aromatic carbocycles. The number of hydrogen-bond donors (Lipinski definition) is 2. The number of amides is 1. The Morgan fingerprint density at radius 1 is 1.26 bits per heavy atom. The lowest BCUT2D eigenvalue weighted by molar-refractivity contribution is -0.120. The summed E-state index contributed by atoms with van der Waals surface area (Å²) in [7, 11) is 0. The predicted molar refractivity (Wildman–Crippen MR) is 120 cm³/mol. The molecule has 3 N–H and O–H groups in total. The van der Waals surface area contributed by atoms with Crippen LogP contribution in [0.25, 0.3) is 5.65 Å². The summed E-state index contributed by atoms with van der Waals surface area (Å²) in [6, 6.07) is 4.79. The second-order valence-electron chi connectivity index (χ2n) is 8.46. The number of halogens is 3. The van der Waals surface area contributed by atoms with E-state index in [0.717, 1.165) is 12.1 Å². The van der Waals surface area contributed by atoms with Crippen molar-refractivity contribution in [1.82, 2.24) is 14.7 Å². The number of carbonyl (C=O) groups is 2. The third-order valence-corrected chi connectivity index (χ3v) is 5.59. The number of hydrogen-bond acceptors (Lipinski definition) is 5. The maximum absolute atomic E-state index is 14.0. The molecule has 0 radical (unpaired) electrons. The lowest BCUT2D eigenvalue weighted by Gasteiger charge is -2.22. The zero-order valence-corrected chi connectivity index (χ0v) is 19.3. The molecule has 1 unspecified atom stereocenters. The van der Waals surface area contributed by atoms with Gasteiger partial charge in [0.05, 0.1) is 17.7 Å². The van der Waals surface area contributed by atoms with Crippen molar-refractivity contribution in [2.45, 2.75) is 52.4 Å². The highest BCUT2D eigenvalue weighted by atomic mass is 19.1. The van der Waals surface area contributed by atoms with Crippen LogP contribution in [0.15, 0.2) is 30.5 Å². The highest BCUT2D eigenvalue weighted by Crippen LogP contribution is 2.27. The molecule has 0 bridgehead atoms. The predicted octanol–water partition coefficient (Wildman–Crippen LogP) is 3.79.